The molecule has 0 radical (unpaired) electrons. The molecule has 0 bridgehead atoms. The van der Waals surface area contributed by atoms with Gasteiger partial charge in [0.1, 0.15) is 0 Å². The van der Waals surface area contributed by atoms with Gasteiger partial charge in [-0.1, -0.05) is 49.4 Å². The Balaban J connectivity index is 1.93. The summed E-state index contributed by atoms with van der Waals surface area (Å²) in [6.45, 7) is 4.51. The first kappa shape index (κ1) is 17.1. The lowest BCUT2D eigenvalue weighted by molar-refractivity contribution is -0.380. The second kappa shape index (κ2) is 7.34. The maximum Gasteiger partial charge on any atom is 0.324 e. The summed E-state index contributed by atoms with van der Waals surface area (Å²) < 4.78 is 0. The van der Waals surface area contributed by atoms with Crippen LogP contribution in [-0.2, 0) is 0 Å². The van der Waals surface area contributed by atoms with Crippen LogP contribution in [0.3, 0.4) is 0 Å². The SMILES string of the molecule is CC(C)c1ccc(C(N)CNC(=O)c2csc([N+](=O)[O-])c2)cc1. The van der Waals surface area contributed by atoms with Gasteiger partial charge in [0.05, 0.1) is 10.5 Å². The molecule has 1 atom stereocenters. The molecule has 23 heavy (non-hydrogen) atoms. The molecule has 0 aliphatic heterocycles. The summed E-state index contributed by atoms with van der Waals surface area (Å²) in [6.07, 6.45) is 0. The lowest BCUT2D eigenvalue weighted by Crippen LogP contribution is -2.31. The second-order valence-corrected chi connectivity index (χ2v) is 6.46. The van der Waals surface area contributed by atoms with Gasteiger partial charge < -0.3 is 11.1 Å². The van der Waals surface area contributed by atoms with Gasteiger partial charge in [0, 0.05) is 24.0 Å². The standard InChI is InChI=1S/C16H19N3O3S/c1-10(2)11-3-5-12(6-4-11)14(17)8-18-16(20)13-7-15(19(21)22)23-9-13/h3-7,9-10,14H,8,17H2,1-2H3,(H,18,20). The third-order valence-corrected chi connectivity index (χ3v) is 4.42. The van der Waals surface area contributed by atoms with Crippen molar-refractivity contribution >= 4 is 22.2 Å². The van der Waals surface area contributed by atoms with Crippen molar-refractivity contribution < 1.29 is 9.72 Å². The molecule has 122 valence electrons. The number of carbonyl (C=O) groups excluding carboxylic acids is 1. The molecule has 3 N–H and O–H groups in total. The molecule has 2 rings (SSSR count). The minimum Gasteiger partial charge on any atom is -0.350 e. The van der Waals surface area contributed by atoms with Crippen LogP contribution in [0.25, 0.3) is 0 Å². The Morgan fingerprint density at radius 2 is 1.91 bits per heavy atom. The molecule has 0 saturated heterocycles. The number of carbonyl (C=O) groups is 1. The lowest BCUT2D eigenvalue weighted by atomic mass is 9.99. The van der Waals surface area contributed by atoms with Crippen LogP contribution in [0.1, 0.15) is 47.3 Å². The number of thiophene rings is 1. The van der Waals surface area contributed by atoms with Crippen molar-refractivity contribution in [3.05, 3.63) is 62.5 Å². The quantitative estimate of drug-likeness (QED) is 0.626. The minimum atomic E-state index is -0.510. The number of nitrogens with zero attached hydrogens (tertiary/aromatic N) is 1. The monoisotopic (exact) mass is 333 g/mol. The molecule has 7 heteroatoms. The number of hydrogen-bond acceptors (Lipinski definition) is 5. The zero-order valence-electron chi connectivity index (χ0n) is 13.0. The highest BCUT2D eigenvalue weighted by atomic mass is 32.1. The van der Waals surface area contributed by atoms with E-state index in [0.29, 0.717) is 5.92 Å². The molecular weight excluding hydrogens is 314 g/mol. The number of nitrogens with two attached hydrogens (primary N) is 1. The molecule has 6 nitrogen and oxygen atoms in total. The summed E-state index contributed by atoms with van der Waals surface area (Å²) >= 11 is 0.930. The Kier molecular flexibility index (Phi) is 5.46. The Hall–Kier alpha value is -2.25. The zero-order chi connectivity index (χ0) is 17.0. The van der Waals surface area contributed by atoms with Crippen LogP contribution in [0.4, 0.5) is 5.00 Å². The Labute approximate surface area is 138 Å². The van der Waals surface area contributed by atoms with E-state index in [1.165, 1.54) is 17.0 Å². The normalized spacial score (nSPS) is 12.2. The Bertz CT molecular complexity index is 695. The summed E-state index contributed by atoms with van der Waals surface area (Å²) in [4.78, 5) is 22.1. The average molecular weight is 333 g/mol. The molecule has 0 aliphatic rings. The van der Waals surface area contributed by atoms with E-state index in [-0.39, 0.29) is 29.1 Å². The Morgan fingerprint density at radius 3 is 2.43 bits per heavy atom. The van der Waals surface area contributed by atoms with Gasteiger partial charge in [-0.25, -0.2) is 0 Å². The van der Waals surface area contributed by atoms with Crippen molar-refractivity contribution in [1.29, 1.82) is 0 Å². The predicted octanol–water partition coefficient (Wildman–Crippen LogP) is 3.21. The highest BCUT2D eigenvalue weighted by Crippen LogP contribution is 2.22. The van der Waals surface area contributed by atoms with Crippen LogP contribution in [0.5, 0.6) is 0 Å². The van der Waals surface area contributed by atoms with E-state index in [9.17, 15) is 14.9 Å². The fourth-order valence-electron chi connectivity index (χ4n) is 2.09. The lowest BCUT2D eigenvalue weighted by Gasteiger charge is -2.14. The van der Waals surface area contributed by atoms with Gasteiger partial charge >= 0.3 is 5.00 Å². The summed E-state index contributed by atoms with van der Waals surface area (Å²) in [5.41, 5.74) is 8.53. The molecular formula is C16H19N3O3S. The van der Waals surface area contributed by atoms with E-state index in [0.717, 1.165) is 16.9 Å². The van der Waals surface area contributed by atoms with Gasteiger partial charge in [-0.2, -0.15) is 0 Å². The van der Waals surface area contributed by atoms with Crippen molar-refractivity contribution in [2.75, 3.05) is 6.54 Å². The molecule has 1 heterocycles. The van der Waals surface area contributed by atoms with Crippen molar-refractivity contribution in [3.63, 3.8) is 0 Å². The van der Waals surface area contributed by atoms with E-state index in [2.05, 4.69) is 19.2 Å². The van der Waals surface area contributed by atoms with Crippen LogP contribution in [0, 0.1) is 10.1 Å². The van der Waals surface area contributed by atoms with E-state index in [4.69, 9.17) is 5.73 Å². The van der Waals surface area contributed by atoms with Crippen LogP contribution in [-0.4, -0.2) is 17.4 Å². The number of hydrogen-bond donors (Lipinski definition) is 2. The highest BCUT2D eigenvalue weighted by Gasteiger charge is 2.16. The fraction of sp³-hybridized carbons (Fsp3) is 0.312. The molecule has 0 spiro atoms. The molecule has 1 amide bonds. The van der Waals surface area contributed by atoms with E-state index in [1.54, 1.807) is 0 Å². The van der Waals surface area contributed by atoms with Gasteiger partial charge in [-0.05, 0) is 17.0 Å². The van der Waals surface area contributed by atoms with Gasteiger partial charge in [0.15, 0.2) is 0 Å². The van der Waals surface area contributed by atoms with Crippen molar-refractivity contribution in [1.82, 2.24) is 5.32 Å². The van der Waals surface area contributed by atoms with E-state index >= 15 is 0 Å². The van der Waals surface area contributed by atoms with Crippen LogP contribution >= 0.6 is 11.3 Å². The molecule has 0 saturated carbocycles. The summed E-state index contributed by atoms with van der Waals surface area (Å²) in [7, 11) is 0. The molecule has 0 aliphatic carbocycles. The smallest absolute Gasteiger partial charge is 0.324 e. The summed E-state index contributed by atoms with van der Waals surface area (Å²) in [6, 6.07) is 8.92. The van der Waals surface area contributed by atoms with Crippen molar-refractivity contribution in [2.24, 2.45) is 5.73 Å². The number of rotatable bonds is 6. The average Bonchev–Trinajstić information content (AvgIpc) is 3.02. The molecule has 2 aromatic rings. The largest absolute Gasteiger partial charge is 0.350 e. The van der Waals surface area contributed by atoms with E-state index < -0.39 is 4.92 Å². The summed E-state index contributed by atoms with van der Waals surface area (Å²) in [5.74, 6) is 0.0953. The van der Waals surface area contributed by atoms with E-state index in [1.807, 2.05) is 24.3 Å². The minimum absolute atomic E-state index is 0.0521. The first-order valence-electron chi connectivity index (χ1n) is 7.25. The van der Waals surface area contributed by atoms with Crippen LogP contribution in [0.15, 0.2) is 35.7 Å². The topological polar surface area (TPSA) is 98.3 Å². The van der Waals surface area contributed by atoms with Gasteiger partial charge in [-0.15, -0.1) is 0 Å². The third kappa shape index (κ3) is 4.37. The fourth-order valence-corrected chi connectivity index (χ4v) is 2.79. The molecule has 1 aromatic carbocycles. The van der Waals surface area contributed by atoms with Crippen molar-refractivity contribution in [3.8, 4) is 0 Å². The Morgan fingerprint density at radius 1 is 1.30 bits per heavy atom. The maximum atomic E-state index is 12.0. The van der Waals surface area contributed by atoms with Crippen molar-refractivity contribution in [2.45, 2.75) is 25.8 Å². The predicted molar refractivity (Wildman–Crippen MR) is 90.8 cm³/mol. The first-order chi connectivity index (χ1) is 10.9. The molecule has 1 unspecified atom stereocenters. The number of benzene rings is 1. The molecule has 0 fully saturated rings. The van der Waals surface area contributed by atoms with Gasteiger partial charge in [0.25, 0.3) is 5.91 Å². The first-order valence-corrected chi connectivity index (χ1v) is 8.13. The number of nitrogens with one attached hydrogen (secondary N) is 1. The van der Waals surface area contributed by atoms with Crippen LogP contribution < -0.4 is 11.1 Å². The summed E-state index contributed by atoms with van der Waals surface area (Å²) in [5, 5.41) is 14.8. The maximum absolute atomic E-state index is 12.0. The highest BCUT2D eigenvalue weighted by molar-refractivity contribution is 7.13. The number of nitro groups is 1. The third-order valence-electron chi connectivity index (χ3n) is 3.54. The zero-order valence-corrected chi connectivity index (χ0v) is 13.8. The second-order valence-electron chi connectivity index (χ2n) is 5.57. The van der Waals surface area contributed by atoms with Gasteiger partial charge in [-0.3, -0.25) is 14.9 Å². The van der Waals surface area contributed by atoms with Gasteiger partial charge in [0.2, 0.25) is 0 Å². The van der Waals surface area contributed by atoms with Crippen LogP contribution in [0.2, 0.25) is 0 Å². The number of amides is 1. The molecule has 1 aromatic heterocycles.